The van der Waals surface area contributed by atoms with Gasteiger partial charge in [-0.3, -0.25) is 29.4 Å². The van der Waals surface area contributed by atoms with Crippen molar-refractivity contribution in [2.24, 2.45) is 5.92 Å². The summed E-state index contributed by atoms with van der Waals surface area (Å²) in [6.45, 7) is 4.04. The second kappa shape index (κ2) is 10.9. The number of rotatable bonds is 11. The molecule has 0 bridgehead atoms. The summed E-state index contributed by atoms with van der Waals surface area (Å²) in [5, 5.41) is 25.1. The van der Waals surface area contributed by atoms with Crippen LogP contribution in [0, 0.1) is 5.92 Å². The van der Waals surface area contributed by atoms with Crippen LogP contribution >= 0.6 is 0 Å². The highest BCUT2D eigenvalue weighted by molar-refractivity contribution is 6.21. The van der Waals surface area contributed by atoms with Gasteiger partial charge in [0.15, 0.2) is 0 Å². The highest BCUT2D eigenvalue weighted by Crippen LogP contribution is 2.26. The molecule has 0 saturated carbocycles. The number of carboxylic acid groups (broad SMARTS) is 1. The van der Waals surface area contributed by atoms with Crippen LogP contribution in [0.4, 0.5) is 0 Å². The molecule has 0 spiro atoms. The predicted octanol–water partition coefficient (Wildman–Crippen LogP) is 2.15. The van der Waals surface area contributed by atoms with Gasteiger partial charge in [0.25, 0.3) is 11.8 Å². The fraction of sp³-hybridized carbons (Fsp3) is 0.360. The van der Waals surface area contributed by atoms with Crippen molar-refractivity contribution < 1.29 is 29.4 Å². The van der Waals surface area contributed by atoms with E-state index in [2.05, 4.69) is 10.6 Å². The Morgan fingerprint density at radius 3 is 2.29 bits per heavy atom. The van der Waals surface area contributed by atoms with Gasteiger partial charge in [-0.15, -0.1) is 0 Å². The Kier molecular flexibility index (Phi) is 8.01. The van der Waals surface area contributed by atoms with E-state index in [4.69, 9.17) is 0 Å². The second-order valence-corrected chi connectivity index (χ2v) is 8.72. The van der Waals surface area contributed by atoms with Crippen LogP contribution in [0.5, 0.6) is 5.75 Å². The number of aliphatic carboxylic acids is 1. The van der Waals surface area contributed by atoms with E-state index in [9.17, 15) is 29.4 Å². The quantitative estimate of drug-likeness (QED) is 0.372. The molecular formula is C25H29N3O6. The molecular weight excluding hydrogens is 438 g/mol. The van der Waals surface area contributed by atoms with Crippen molar-refractivity contribution in [2.45, 2.75) is 45.3 Å². The Morgan fingerprint density at radius 1 is 0.971 bits per heavy atom. The number of hydrogen-bond donors (Lipinski definition) is 4. The van der Waals surface area contributed by atoms with Gasteiger partial charge in [0.1, 0.15) is 11.8 Å². The first-order chi connectivity index (χ1) is 16.2. The van der Waals surface area contributed by atoms with Crippen LogP contribution in [0.15, 0.2) is 48.5 Å². The number of carboxylic acids is 1. The van der Waals surface area contributed by atoms with E-state index in [-0.39, 0.29) is 41.7 Å². The van der Waals surface area contributed by atoms with E-state index in [1.54, 1.807) is 0 Å². The van der Waals surface area contributed by atoms with Gasteiger partial charge in [-0.25, -0.2) is 0 Å². The number of benzene rings is 2. The van der Waals surface area contributed by atoms with Gasteiger partial charge in [0.05, 0.1) is 17.2 Å². The Bertz CT molecular complexity index is 1070. The topological polar surface area (TPSA) is 136 Å². The third kappa shape index (κ3) is 5.99. The summed E-state index contributed by atoms with van der Waals surface area (Å²) in [4.78, 5) is 50.9. The molecule has 1 heterocycles. The number of phenols is 1. The summed E-state index contributed by atoms with van der Waals surface area (Å²) >= 11 is 0. The van der Waals surface area contributed by atoms with Crippen molar-refractivity contribution in [1.29, 1.82) is 0 Å². The first kappa shape index (κ1) is 24.9. The minimum atomic E-state index is -1.18. The normalized spacial score (nSPS) is 14.7. The standard InChI is InChI=1S/C25H29N3O6/c1-15(2)12-21(22(30)26-14-16-6-4-3-5-7-16)27-20(25(33)34)10-11-28-23(31)18-9-8-17(29)13-19(18)24(28)32/h3-9,13,15,20-21,27,29H,10-12,14H2,1-2H3,(H,26,30)(H,33,34)/t20?,21-/m0/s1. The highest BCUT2D eigenvalue weighted by atomic mass is 16.4. The fourth-order valence-corrected chi connectivity index (χ4v) is 3.89. The SMILES string of the molecule is CC(C)C[C@H](NC(CCN1C(=O)c2ccc(O)cc2C1=O)C(=O)O)C(=O)NCc1ccccc1. The average molecular weight is 468 g/mol. The molecule has 3 rings (SSSR count). The molecule has 34 heavy (non-hydrogen) atoms. The minimum Gasteiger partial charge on any atom is -0.508 e. The molecule has 0 radical (unpaired) electrons. The number of nitrogens with zero attached hydrogens (tertiary/aromatic N) is 1. The zero-order valence-corrected chi connectivity index (χ0v) is 19.2. The maximum Gasteiger partial charge on any atom is 0.320 e. The smallest absolute Gasteiger partial charge is 0.320 e. The van der Waals surface area contributed by atoms with Crippen LogP contribution in [-0.4, -0.2) is 57.4 Å². The Labute approximate surface area is 197 Å². The molecule has 1 unspecified atom stereocenters. The number of hydrogen-bond acceptors (Lipinski definition) is 6. The number of phenolic OH excluding ortho intramolecular Hbond substituents is 1. The largest absolute Gasteiger partial charge is 0.508 e. The van der Waals surface area contributed by atoms with Gasteiger partial charge in [-0.2, -0.15) is 0 Å². The highest BCUT2D eigenvalue weighted by Gasteiger charge is 2.37. The van der Waals surface area contributed by atoms with Gasteiger partial charge in [-0.1, -0.05) is 44.2 Å². The summed E-state index contributed by atoms with van der Waals surface area (Å²) in [7, 11) is 0. The monoisotopic (exact) mass is 467 g/mol. The van der Waals surface area contributed by atoms with Crippen LogP contribution in [0.1, 0.15) is 53.0 Å². The lowest BCUT2D eigenvalue weighted by Gasteiger charge is -2.25. The molecule has 2 aromatic carbocycles. The zero-order valence-electron chi connectivity index (χ0n) is 19.2. The van der Waals surface area contributed by atoms with E-state index in [0.29, 0.717) is 13.0 Å². The zero-order chi connectivity index (χ0) is 24.8. The van der Waals surface area contributed by atoms with Crippen molar-refractivity contribution in [2.75, 3.05) is 6.54 Å². The second-order valence-electron chi connectivity index (χ2n) is 8.72. The molecule has 4 N–H and O–H groups in total. The van der Waals surface area contributed by atoms with E-state index in [1.165, 1.54) is 18.2 Å². The van der Waals surface area contributed by atoms with Crippen molar-refractivity contribution >= 4 is 23.7 Å². The van der Waals surface area contributed by atoms with E-state index >= 15 is 0 Å². The lowest BCUT2D eigenvalue weighted by molar-refractivity contribution is -0.140. The number of imide groups is 1. The molecule has 0 aromatic heterocycles. The first-order valence-corrected chi connectivity index (χ1v) is 11.2. The first-order valence-electron chi connectivity index (χ1n) is 11.2. The maximum absolute atomic E-state index is 12.8. The summed E-state index contributed by atoms with van der Waals surface area (Å²) < 4.78 is 0. The fourth-order valence-electron chi connectivity index (χ4n) is 3.89. The molecule has 2 atom stereocenters. The van der Waals surface area contributed by atoms with Gasteiger partial charge in [-0.05, 0) is 42.5 Å². The van der Waals surface area contributed by atoms with Crippen LogP contribution in [0.2, 0.25) is 0 Å². The lowest BCUT2D eigenvalue weighted by atomic mass is 10.0. The molecule has 9 nitrogen and oxygen atoms in total. The minimum absolute atomic E-state index is 0.0760. The van der Waals surface area contributed by atoms with Crippen LogP contribution in [0.3, 0.4) is 0 Å². The number of nitrogens with one attached hydrogen (secondary N) is 2. The summed E-state index contributed by atoms with van der Waals surface area (Å²) in [5.41, 5.74) is 1.18. The summed E-state index contributed by atoms with van der Waals surface area (Å²) in [6, 6.07) is 11.4. The van der Waals surface area contributed by atoms with Gasteiger partial charge in [0, 0.05) is 13.1 Å². The molecule has 0 fully saturated rings. The molecule has 0 saturated heterocycles. The van der Waals surface area contributed by atoms with Crippen molar-refractivity contribution in [3.63, 3.8) is 0 Å². The predicted molar refractivity (Wildman–Crippen MR) is 124 cm³/mol. The van der Waals surface area contributed by atoms with Crippen LogP contribution in [0.25, 0.3) is 0 Å². The lowest BCUT2D eigenvalue weighted by Crippen LogP contribution is -2.52. The third-order valence-electron chi connectivity index (χ3n) is 5.63. The molecule has 9 heteroatoms. The number of carbonyl (C=O) groups is 4. The van der Waals surface area contributed by atoms with E-state index < -0.39 is 29.9 Å². The summed E-state index contributed by atoms with van der Waals surface area (Å²) in [5.74, 6) is -2.63. The van der Waals surface area contributed by atoms with Crippen molar-refractivity contribution in [1.82, 2.24) is 15.5 Å². The number of aromatic hydroxyl groups is 1. The van der Waals surface area contributed by atoms with Gasteiger partial charge >= 0.3 is 5.97 Å². The average Bonchev–Trinajstić information content (AvgIpc) is 3.03. The maximum atomic E-state index is 12.8. The number of amides is 3. The number of fused-ring (bicyclic) bond motifs is 1. The Hall–Kier alpha value is -3.72. The Morgan fingerprint density at radius 2 is 1.65 bits per heavy atom. The molecule has 3 amide bonds. The van der Waals surface area contributed by atoms with E-state index in [1.807, 2.05) is 44.2 Å². The van der Waals surface area contributed by atoms with E-state index in [0.717, 1.165) is 10.5 Å². The molecule has 1 aliphatic heterocycles. The molecule has 2 aromatic rings. The Balaban J connectivity index is 1.65. The van der Waals surface area contributed by atoms with Crippen LogP contribution < -0.4 is 10.6 Å². The van der Waals surface area contributed by atoms with Crippen molar-refractivity contribution in [3.8, 4) is 5.75 Å². The van der Waals surface area contributed by atoms with Gasteiger partial charge < -0.3 is 15.5 Å². The van der Waals surface area contributed by atoms with Crippen molar-refractivity contribution in [3.05, 3.63) is 65.2 Å². The molecule has 1 aliphatic rings. The number of carbonyl (C=O) groups excluding carboxylic acids is 3. The van der Waals surface area contributed by atoms with Crippen LogP contribution in [-0.2, 0) is 16.1 Å². The van der Waals surface area contributed by atoms with Gasteiger partial charge in [0.2, 0.25) is 5.91 Å². The third-order valence-corrected chi connectivity index (χ3v) is 5.63. The molecule has 0 aliphatic carbocycles. The molecule has 180 valence electrons. The summed E-state index contributed by atoms with van der Waals surface area (Å²) in [6.07, 6.45) is 0.337.